The second kappa shape index (κ2) is 6.44. The van der Waals surface area contributed by atoms with E-state index in [-0.39, 0.29) is 11.7 Å². The third kappa shape index (κ3) is 3.27. The van der Waals surface area contributed by atoms with Crippen molar-refractivity contribution in [1.82, 2.24) is 10.2 Å². The lowest BCUT2D eigenvalue weighted by Gasteiger charge is -2.30. The van der Waals surface area contributed by atoms with Crippen LogP contribution in [0.3, 0.4) is 0 Å². The van der Waals surface area contributed by atoms with Crippen LogP contribution in [0.1, 0.15) is 37.3 Å². The normalized spacial score (nSPS) is 18.2. The van der Waals surface area contributed by atoms with Crippen LogP contribution in [0.25, 0.3) is 0 Å². The molecule has 0 bridgehead atoms. The minimum Gasteiger partial charge on any atom is -0.480 e. The molecule has 0 unspecified atom stereocenters. The highest BCUT2D eigenvalue weighted by molar-refractivity contribution is 5.90. The first-order valence-corrected chi connectivity index (χ1v) is 7.33. The summed E-state index contributed by atoms with van der Waals surface area (Å²) in [4.78, 5) is 25.9. The predicted octanol–water partition coefficient (Wildman–Crippen LogP) is 1.94. The standard InChI is InChI=1S/C16H21FN2O3/c1-19(2)13(11-5-7-12(17)8-6-11)14(20)18-16(15(21)22)9-3-4-10-16/h5-8,13H,3-4,9-10H2,1-2H3,(H,18,20)(H,21,22)/t13-/m0/s1. The van der Waals surface area contributed by atoms with Gasteiger partial charge < -0.3 is 10.4 Å². The maximum atomic E-state index is 13.1. The number of halogens is 1. The van der Waals surface area contributed by atoms with E-state index in [0.29, 0.717) is 18.4 Å². The number of nitrogens with zero attached hydrogens (tertiary/aromatic N) is 1. The number of carboxylic acids is 1. The van der Waals surface area contributed by atoms with Crippen molar-refractivity contribution in [1.29, 1.82) is 0 Å². The zero-order chi connectivity index (χ0) is 16.3. The molecule has 1 saturated carbocycles. The Morgan fingerprint density at radius 2 is 1.77 bits per heavy atom. The number of amides is 1. The number of carboxylic acid groups (broad SMARTS) is 1. The van der Waals surface area contributed by atoms with Crippen molar-refractivity contribution in [2.24, 2.45) is 0 Å². The van der Waals surface area contributed by atoms with Crippen LogP contribution in [0.4, 0.5) is 4.39 Å². The van der Waals surface area contributed by atoms with Crippen molar-refractivity contribution in [3.63, 3.8) is 0 Å². The molecule has 1 aromatic carbocycles. The highest BCUT2D eigenvalue weighted by atomic mass is 19.1. The Morgan fingerprint density at radius 3 is 2.23 bits per heavy atom. The predicted molar refractivity (Wildman–Crippen MR) is 79.8 cm³/mol. The van der Waals surface area contributed by atoms with Gasteiger partial charge in [-0.15, -0.1) is 0 Å². The lowest BCUT2D eigenvalue weighted by atomic mass is 9.96. The third-order valence-electron chi connectivity index (χ3n) is 4.18. The number of hydrogen-bond acceptors (Lipinski definition) is 3. The van der Waals surface area contributed by atoms with Crippen molar-refractivity contribution in [2.75, 3.05) is 14.1 Å². The van der Waals surface area contributed by atoms with Crippen molar-refractivity contribution >= 4 is 11.9 Å². The quantitative estimate of drug-likeness (QED) is 0.872. The summed E-state index contributed by atoms with van der Waals surface area (Å²) in [5.41, 5.74) is -0.548. The molecule has 5 nitrogen and oxygen atoms in total. The van der Waals surface area contributed by atoms with Crippen LogP contribution >= 0.6 is 0 Å². The Labute approximate surface area is 129 Å². The summed E-state index contributed by atoms with van der Waals surface area (Å²) in [6.07, 6.45) is 2.46. The number of benzene rings is 1. The molecule has 2 rings (SSSR count). The van der Waals surface area contributed by atoms with E-state index in [9.17, 15) is 19.1 Å². The molecule has 1 fully saturated rings. The van der Waals surface area contributed by atoms with Crippen LogP contribution < -0.4 is 5.32 Å². The summed E-state index contributed by atoms with van der Waals surface area (Å²) in [6.45, 7) is 0. The number of nitrogens with one attached hydrogen (secondary N) is 1. The lowest BCUT2D eigenvalue weighted by molar-refractivity contribution is -0.148. The summed E-state index contributed by atoms with van der Waals surface area (Å²) in [5.74, 6) is -1.74. The van der Waals surface area contributed by atoms with Gasteiger partial charge >= 0.3 is 5.97 Å². The molecule has 1 amide bonds. The van der Waals surface area contributed by atoms with Crippen molar-refractivity contribution in [3.8, 4) is 0 Å². The number of carbonyl (C=O) groups is 2. The van der Waals surface area contributed by atoms with Crippen molar-refractivity contribution < 1.29 is 19.1 Å². The van der Waals surface area contributed by atoms with E-state index >= 15 is 0 Å². The molecule has 22 heavy (non-hydrogen) atoms. The summed E-state index contributed by atoms with van der Waals surface area (Å²) in [7, 11) is 3.46. The highest BCUT2D eigenvalue weighted by Crippen LogP contribution is 2.31. The first kappa shape index (κ1) is 16.4. The number of rotatable bonds is 5. The molecule has 2 N–H and O–H groups in total. The van der Waals surface area contributed by atoms with Crippen LogP contribution in [-0.4, -0.2) is 41.5 Å². The Morgan fingerprint density at radius 1 is 1.23 bits per heavy atom. The van der Waals surface area contributed by atoms with Crippen LogP contribution in [-0.2, 0) is 9.59 Å². The molecule has 120 valence electrons. The number of likely N-dealkylation sites (N-methyl/N-ethyl adjacent to an activating group) is 1. The highest BCUT2D eigenvalue weighted by Gasteiger charge is 2.44. The van der Waals surface area contributed by atoms with Gasteiger partial charge in [0, 0.05) is 0 Å². The van der Waals surface area contributed by atoms with Gasteiger partial charge in [-0.2, -0.15) is 0 Å². The average Bonchev–Trinajstić information content (AvgIpc) is 2.90. The molecule has 0 heterocycles. The maximum Gasteiger partial charge on any atom is 0.329 e. The van der Waals surface area contributed by atoms with Crippen molar-refractivity contribution in [2.45, 2.75) is 37.3 Å². The van der Waals surface area contributed by atoms with Gasteiger partial charge in [0.1, 0.15) is 17.4 Å². The van der Waals surface area contributed by atoms with Gasteiger partial charge in [-0.25, -0.2) is 9.18 Å². The SMILES string of the molecule is CN(C)[C@H](C(=O)NC1(C(=O)O)CCCC1)c1ccc(F)cc1. The van der Waals surface area contributed by atoms with Gasteiger partial charge in [-0.1, -0.05) is 25.0 Å². The van der Waals surface area contributed by atoms with Crippen LogP contribution in [0.2, 0.25) is 0 Å². The molecule has 0 spiro atoms. The van der Waals surface area contributed by atoms with Gasteiger partial charge in [-0.05, 0) is 44.6 Å². The van der Waals surface area contributed by atoms with E-state index in [2.05, 4.69) is 5.32 Å². The zero-order valence-corrected chi connectivity index (χ0v) is 12.8. The minimum absolute atomic E-state index is 0.374. The molecule has 1 aromatic rings. The Kier molecular flexibility index (Phi) is 4.81. The fourth-order valence-electron chi connectivity index (χ4n) is 3.00. The average molecular weight is 308 g/mol. The van der Waals surface area contributed by atoms with Gasteiger partial charge in [0.15, 0.2) is 0 Å². The Hall–Kier alpha value is -1.95. The van der Waals surface area contributed by atoms with Crippen LogP contribution in [0.5, 0.6) is 0 Å². The largest absolute Gasteiger partial charge is 0.480 e. The second-order valence-electron chi connectivity index (χ2n) is 6.00. The van der Waals surface area contributed by atoms with Gasteiger partial charge in [0.2, 0.25) is 5.91 Å². The number of aliphatic carboxylic acids is 1. The van der Waals surface area contributed by atoms with E-state index in [1.54, 1.807) is 31.1 Å². The van der Waals surface area contributed by atoms with Gasteiger partial charge in [0.05, 0.1) is 0 Å². The second-order valence-corrected chi connectivity index (χ2v) is 6.00. The van der Waals surface area contributed by atoms with E-state index in [1.165, 1.54) is 12.1 Å². The van der Waals surface area contributed by atoms with Crippen LogP contribution in [0.15, 0.2) is 24.3 Å². The molecular formula is C16H21FN2O3. The first-order chi connectivity index (χ1) is 10.4. The molecule has 0 aromatic heterocycles. The van der Waals surface area contributed by atoms with E-state index in [0.717, 1.165) is 12.8 Å². The van der Waals surface area contributed by atoms with Crippen molar-refractivity contribution in [3.05, 3.63) is 35.6 Å². The van der Waals surface area contributed by atoms with E-state index in [1.807, 2.05) is 0 Å². The summed E-state index contributed by atoms with van der Waals surface area (Å²) < 4.78 is 13.1. The minimum atomic E-state index is -1.18. The summed E-state index contributed by atoms with van der Waals surface area (Å²) in [5, 5.41) is 12.2. The summed E-state index contributed by atoms with van der Waals surface area (Å²) >= 11 is 0. The topological polar surface area (TPSA) is 69.6 Å². The maximum absolute atomic E-state index is 13.1. The molecule has 0 aliphatic heterocycles. The fourth-order valence-corrected chi connectivity index (χ4v) is 3.00. The molecule has 1 atom stereocenters. The molecule has 0 radical (unpaired) electrons. The smallest absolute Gasteiger partial charge is 0.329 e. The Bertz CT molecular complexity index is 551. The molecule has 1 aliphatic rings. The number of carbonyl (C=O) groups excluding carboxylic acids is 1. The fraction of sp³-hybridized carbons (Fsp3) is 0.500. The lowest BCUT2D eigenvalue weighted by Crippen LogP contribution is -2.55. The van der Waals surface area contributed by atoms with Crippen LogP contribution in [0, 0.1) is 5.82 Å². The van der Waals surface area contributed by atoms with Gasteiger partial charge in [-0.3, -0.25) is 9.69 Å². The molecule has 1 aliphatic carbocycles. The summed E-state index contributed by atoms with van der Waals surface area (Å²) in [6, 6.07) is 5.02. The molecular weight excluding hydrogens is 287 g/mol. The Balaban J connectivity index is 2.23. The number of hydrogen-bond donors (Lipinski definition) is 2. The third-order valence-corrected chi connectivity index (χ3v) is 4.18. The van der Waals surface area contributed by atoms with Gasteiger partial charge in [0.25, 0.3) is 0 Å². The van der Waals surface area contributed by atoms with E-state index < -0.39 is 17.6 Å². The van der Waals surface area contributed by atoms with E-state index in [4.69, 9.17) is 0 Å². The monoisotopic (exact) mass is 308 g/mol. The zero-order valence-electron chi connectivity index (χ0n) is 12.8. The molecule has 6 heteroatoms. The molecule has 0 saturated heterocycles. The first-order valence-electron chi connectivity index (χ1n) is 7.33.